The van der Waals surface area contributed by atoms with E-state index in [9.17, 15) is 4.79 Å². The highest BCUT2D eigenvalue weighted by molar-refractivity contribution is 7.99. The van der Waals surface area contributed by atoms with Gasteiger partial charge in [0.25, 0.3) is 0 Å². The lowest BCUT2D eigenvalue weighted by Crippen LogP contribution is -2.32. The maximum absolute atomic E-state index is 10.4. The fourth-order valence-electron chi connectivity index (χ4n) is 1.02. The van der Waals surface area contributed by atoms with Crippen molar-refractivity contribution < 1.29 is 9.90 Å². The predicted molar refractivity (Wildman–Crippen MR) is 60.9 cm³/mol. The molecule has 0 saturated heterocycles. The molecule has 0 fully saturated rings. The molecule has 0 radical (unpaired) electrons. The lowest BCUT2D eigenvalue weighted by Gasteiger charge is -2.05. The van der Waals surface area contributed by atoms with E-state index in [0.717, 1.165) is 17.7 Å². The van der Waals surface area contributed by atoms with Gasteiger partial charge in [0.15, 0.2) is 0 Å². The number of hydrogen-bond acceptors (Lipinski definition) is 4. The molecule has 15 heavy (non-hydrogen) atoms. The molecule has 0 aliphatic carbocycles. The number of hydrogen-bond donors (Lipinski definition) is 2. The first-order valence-corrected chi connectivity index (χ1v) is 5.80. The topological polar surface area (TPSA) is 76.2 Å². The van der Waals surface area contributed by atoms with E-state index in [1.165, 1.54) is 0 Å². The summed E-state index contributed by atoms with van der Waals surface area (Å²) in [7, 11) is 0. The summed E-state index contributed by atoms with van der Waals surface area (Å²) in [5.74, 6) is 0.381. The van der Waals surface area contributed by atoms with E-state index < -0.39 is 12.0 Å². The monoisotopic (exact) mass is 226 g/mol. The largest absolute Gasteiger partial charge is 0.480 e. The Morgan fingerprint density at radius 1 is 1.67 bits per heavy atom. The number of carboxylic acids is 1. The zero-order valence-corrected chi connectivity index (χ0v) is 9.11. The SMILES string of the molecule is N[C@H](CSCCc1cccnc1)C(=O)O. The molecular weight excluding hydrogens is 212 g/mol. The van der Waals surface area contributed by atoms with Gasteiger partial charge in [0.1, 0.15) is 6.04 Å². The summed E-state index contributed by atoms with van der Waals surface area (Å²) in [4.78, 5) is 14.4. The van der Waals surface area contributed by atoms with Gasteiger partial charge in [0.05, 0.1) is 0 Å². The van der Waals surface area contributed by atoms with E-state index in [4.69, 9.17) is 10.8 Å². The van der Waals surface area contributed by atoms with Crippen molar-refractivity contribution in [2.24, 2.45) is 5.73 Å². The number of thioether (sulfide) groups is 1. The number of pyridine rings is 1. The summed E-state index contributed by atoms with van der Waals surface area (Å²) in [5, 5.41) is 8.55. The minimum atomic E-state index is -0.941. The Hall–Kier alpha value is -1.07. The quantitative estimate of drug-likeness (QED) is 0.701. The maximum atomic E-state index is 10.4. The van der Waals surface area contributed by atoms with Crippen LogP contribution in [0.4, 0.5) is 0 Å². The van der Waals surface area contributed by atoms with Gasteiger partial charge < -0.3 is 10.8 Å². The summed E-state index contributed by atoms with van der Waals surface area (Å²) in [6.07, 6.45) is 4.44. The Morgan fingerprint density at radius 3 is 3.07 bits per heavy atom. The van der Waals surface area contributed by atoms with Crippen LogP contribution in [-0.4, -0.2) is 33.6 Å². The standard InChI is InChI=1S/C10H14N2O2S/c11-9(10(13)14)7-15-5-3-8-2-1-4-12-6-8/h1-2,4,6,9H,3,5,7,11H2,(H,13,14)/t9-/m1/s1. The molecule has 0 aromatic carbocycles. The van der Waals surface area contributed by atoms with Crippen molar-refractivity contribution in [3.8, 4) is 0 Å². The van der Waals surface area contributed by atoms with Gasteiger partial charge in [-0.05, 0) is 23.8 Å². The van der Waals surface area contributed by atoms with Crippen LogP contribution in [0.2, 0.25) is 0 Å². The zero-order valence-electron chi connectivity index (χ0n) is 8.30. The van der Waals surface area contributed by atoms with Crippen LogP contribution in [0.15, 0.2) is 24.5 Å². The van der Waals surface area contributed by atoms with E-state index >= 15 is 0 Å². The van der Waals surface area contributed by atoms with Crippen molar-refractivity contribution in [2.75, 3.05) is 11.5 Å². The molecule has 0 aliphatic rings. The molecule has 0 bridgehead atoms. The lowest BCUT2D eigenvalue weighted by atomic mass is 10.2. The molecule has 0 unspecified atom stereocenters. The van der Waals surface area contributed by atoms with Gasteiger partial charge in [-0.1, -0.05) is 6.07 Å². The fraction of sp³-hybridized carbons (Fsp3) is 0.400. The van der Waals surface area contributed by atoms with E-state index in [2.05, 4.69) is 4.98 Å². The fourth-order valence-corrected chi connectivity index (χ4v) is 1.96. The number of nitrogens with zero attached hydrogens (tertiary/aromatic N) is 1. The van der Waals surface area contributed by atoms with Crippen molar-refractivity contribution in [3.63, 3.8) is 0 Å². The first kappa shape index (κ1) is 12.0. The summed E-state index contributed by atoms with van der Waals surface area (Å²) >= 11 is 1.55. The van der Waals surface area contributed by atoms with Gasteiger partial charge in [-0.15, -0.1) is 0 Å². The van der Waals surface area contributed by atoms with Crippen LogP contribution in [0.1, 0.15) is 5.56 Å². The van der Waals surface area contributed by atoms with Crippen molar-refractivity contribution in [1.82, 2.24) is 4.98 Å². The van der Waals surface area contributed by atoms with Gasteiger partial charge in [-0.2, -0.15) is 11.8 Å². The molecule has 5 heteroatoms. The average molecular weight is 226 g/mol. The molecule has 1 aromatic heterocycles. The highest BCUT2D eigenvalue weighted by Crippen LogP contribution is 2.06. The van der Waals surface area contributed by atoms with Crippen molar-refractivity contribution in [3.05, 3.63) is 30.1 Å². The molecule has 0 spiro atoms. The molecule has 0 amide bonds. The van der Waals surface area contributed by atoms with Gasteiger partial charge in [0.2, 0.25) is 0 Å². The third kappa shape index (κ3) is 4.80. The number of carboxylic acid groups (broad SMARTS) is 1. The van der Waals surface area contributed by atoms with Gasteiger partial charge in [0, 0.05) is 18.1 Å². The number of carbonyl (C=O) groups is 1. The molecule has 3 N–H and O–H groups in total. The van der Waals surface area contributed by atoms with Gasteiger partial charge in [-0.3, -0.25) is 9.78 Å². The first-order chi connectivity index (χ1) is 7.20. The second-order valence-corrected chi connectivity index (χ2v) is 4.28. The van der Waals surface area contributed by atoms with Crippen LogP contribution in [-0.2, 0) is 11.2 Å². The Balaban J connectivity index is 2.15. The third-order valence-electron chi connectivity index (χ3n) is 1.87. The Kier molecular flexibility index (Phi) is 5.14. The maximum Gasteiger partial charge on any atom is 0.321 e. The summed E-state index contributed by atoms with van der Waals surface area (Å²) in [5.41, 5.74) is 6.52. The highest BCUT2D eigenvalue weighted by atomic mass is 32.2. The summed E-state index contributed by atoms with van der Waals surface area (Å²) in [6, 6.07) is 3.14. The van der Waals surface area contributed by atoms with Crippen molar-refractivity contribution >= 4 is 17.7 Å². The minimum Gasteiger partial charge on any atom is -0.480 e. The Morgan fingerprint density at radius 2 is 2.47 bits per heavy atom. The number of aromatic nitrogens is 1. The normalized spacial score (nSPS) is 12.3. The first-order valence-electron chi connectivity index (χ1n) is 4.65. The minimum absolute atomic E-state index is 0.454. The Labute approximate surface area is 92.9 Å². The van der Waals surface area contributed by atoms with Crippen LogP contribution in [0.25, 0.3) is 0 Å². The van der Waals surface area contributed by atoms with Crippen LogP contribution in [0, 0.1) is 0 Å². The van der Waals surface area contributed by atoms with Crippen LogP contribution in [0.5, 0.6) is 0 Å². The number of nitrogens with two attached hydrogens (primary N) is 1. The molecule has 0 saturated carbocycles. The van der Waals surface area contributed by atoms with Crippen molar-refractivity contribution in [2.45, 2.75) is 12.5 Å². The van der Waals surface area contributed by atoms with E-state index in [0.29, 0.717) is 5.75 Å². The smallest absolute Gasteiger partial charge is 0.321 e. The molecule has 1 heterocycles. The van der Waals surface area contributed by atoms with Crippen LogP contribution in [0.3, 0.4) is 0 Å². The average Bonchev–Trinajstić information content (AvgIpc) is 2.25. The third-order valence-corrected chi connectivity index (χ3v) is 2.96. The Bertz CT molecular complexity index is 306. The van der Waals surface area contributed by atoms with E-state index in [1.807, 2.05) is 18.3 Å². The molecule has 0 aliphatic heterocycles. The zero-order chi connectivity index (χ0) is 11.1. The number of aliphatic carboxylic acids is 1. The summed E-state index contributed by atoms with van der Waals surface area (Å²) < 4.78 is 0. The van der Waals surface area contributed by atoms with Gasteiger partial charge >= 0.3 is 5.97 Å². The molecular formula is C10H14N2O2S. The molecule has 82 valence electrons. The number of aryl methyl sites for hydroxylation is 1. The van der Waals surface area contributed by atoms with E-state index in [-0.39, 0.29) is 0 Å². The molecule has 4 nitrogen and oxygen atoms in total. The second kappa shape index (κ2) is 6.42. The van der Waals surface area contributed by atoms with Gasteiger partial charge in [-0.25, -0.2) is 0 Å². The van der Waals surface area contributed by atoms with Crippen molar-refractivity contribution in [1.29, 1.82) is 0 Å². The predicted octanol–water partition coefficient (Wildman–Crippen LogP) is 0.769. The number of rotatable bonds is 6. The van der Waals surface area contributed by atoms with E-state index in [1.54, 1.807) is 18.0 Å². The van der Waals surface area contributed by atoms with Crippen LogP contribution < -0.4 is 5.73 Å². The molecule has 1 atom stereocenters. The summed E-state index contributed by atoms with van der Waals surface area (Å²) in [6.45, 7) is 0. The molecule has 1 rings (SSSR count). The second-order valence-electron chi connectivity index (χ2n) is 3.13. The highest BCUT2D eigenvalue weighted by Gasteiger charge is 2.10. The van der Waals surface area contributed by atoms with Crippen LogP contribution >= 0.6 is 11.8 Å². The lowest BCUT2D eigenvalue weighted by molar-refractivity contribution is -0.137. The molecule has 1 aromatic rings.